The number of piperazine rings is 1. The van der Waals surface area contributed by atoms with Gasteiger partial charge in [-0.1, -0.05) is 18.2 Å². The Morgan fingerprint density at radius 3 is 2.72 bits per heavy atom. The second kappa shape index (κ2) is 10.6. The fourth-order valence-corrected chi connectivity index (χ4v) is 5.93. The highest BCUT2D eigenvalue weighted by molar-refractivity contribution is 6.35. The van der Waals surface area contributed by atoms with Crippen LogP contribution in [0, 0.1) is 11.6 Å². The largest absolute Gasteiger partial charge is 0.488 e. The van der Waals surface area contributed by atoms with Gasteiger partial charge in [0, 0.05) is 47.8 Å². The average molecular weight is 558 g/mol. The highest BCUT2D eigenvalue weighted by Gasteiger charge is 2.36. The first-order chi connectivity index (χ1) is 18.7. The number of nitrogens with two attached hydrogens (primary N) is 1. The zero-order valence-corrected chi connectivity index (χ0v) is 22.5. The molecule has 0 unspecified atom stereocenters. The Balaban J connectivity index is 1.75. The van der Waals surface area contributed by atoms with Gasteiger partial charge in [-0.3, -0.25) is 9.36 Å². The molecule has 0 spiro atoms. The van der Waals surface area contributed by atoms with Gasteiger partial charge in [0.25, 0.3) is 0 Å². The van der Waals surface area contributed by atoms with Crippen LogP contribution in [0.15, 0.2) is 41.7 Å². The number of hydrogen-bond acceptors (Lipinski definition) is 6. The van der Waals surface area contributed by atoms with E-state index in [4.69, 9.17) is 22.1 Å². The average Bonchev–Trinajstić information content (AvgIpc) is 2.90. The molecule has 2 aromatic carbocycles. The SMILES string of the molecule is C=CC(=O)N1C[C@H](C)N(c2nc(=O)n3c4c(c(-c5ccc(F)cc5F)c(Cl)cc24)OC[C@H]3CCCN)C[C@H]1C. The number of carbonyl (C=O) groups is 1. The predicted octanol–water partition coefficient (Wildman–Crippen LogP) is 4.28. The van der Waals surface area contributed by atoms with E-state index in [9.17, 15) is 18.4 Å². The van der Waals surface area contributed by atoms with Crippen LogP contribution in [0.2, 0.25) is 5.02 Å². The summed E-state index contributed by atoms with van der Waals surface area (Å²) in [5, 5.41) is 0.749. The molecular formula is C28H30ClF2N5O3. The molecule has 206 valence electrons. The van der Waals surface area contributed by atoms with Crippen LogP contribution >= 0.6 is 11.6 Å². The molecule has 5 rings (SSSR count). The molecule has 11 heteroatoms. The van der Waals surface area contributed by atoms with Crippen molar-refractivity contribution in [3.63, 3.8) is 0 Å². The second-order valence-corrected chi connectivity index (χ2v) is 10.5. The Labute approximate surface area is 229 Å². The van der Waals surface area contributed by atoms with E-state index in [1.807, 2.05) is 18.7 Å². The first-order valence-electron chi connectivity index (χ1n) is 12.9. The second-order valence-electron chi connectivity index (χ2n) is 10.1. The van der Waals surface area contributed by atoms with E-state index in [1.165, 1.54) is 12.1 Å². The summed E-state index contributed by atoms with van der Waals surface area (Å²) in [7, 11) is 0. The first kappa shape index (κ1) is 27.1. The molecule has 39 heavy (non-hydrogen) atoms. The lowest BCUT2D eigenvalue weighted by molar-refractivity contribution is -0.128. The number of benzene rings is 2. The zero-order valence-electron chi connectivity index (χ0n) is 21.8. The minimum Gasteiger partial charge on any atom is -0.488 e. The number of halogens is 3. The van der Waals surface area contributed by atoms with Crippen molar-refractivity contribution in [3.8, 4) is 16.9 Å². The number of carbonyl (C=O) groups excluding carboxylic acids is 1. The van der Waals surface area contributed by atoms with Gasteiger partial charge in [-0.25, -0.2) is 13.6 Å². The summed E-state index contributed by atoms with van der Waals surface area (Å²) >= 11 is 6.77. The standard InChI is InChI=1S/C28H30ClF2N5O3/c1-4-23(37)34-12-16(3)35(13-15(34)2)27-20-11-21(29)24(19-8-7-17(30)10-22(19)31)26-25(20)36(28(38)33-27)18(14-39-26)6-5-9-32/h4,7-8,10-11,15-16,18H,1,5-6,9,12-14,32H2,2-3H3/t15-,16+,18-/m1/s1. The number of nitrogens with zero attached hydrogens (tertiary/aromatic N) is 4. The van der Waals surface area contributed by atoms with Crippen molar-refractivity contribution in [1.29, 1.82) is 0 Å². The fraction of sp³-hybridized carbons (Fsp3) is 0.393. The van der Waals surface area contributed by atoms with Crippen LogP contribution in [0.5, 0.6) is 5.75 Å². The Morgan fingerprint density at radius 1 is 1.26 bits per heavy atom. The summed E-state index contributed by atoms with van der Waals surface area (Å²) in [6.45, 7) is 8.90. The lowest BCUT2D eigenvalue weighted by Gasteiger charge is -2.45. The van der Waals surface area contributed by atoms with Crippen LogP contribution in [0.3, 0.4) is 0 Å². The van der Waals surface area contributed by atoms with Crippen LogP contribution in [-0.4, -0.2) is 58.7 Å². The Bertz CT molecular complexity index is 1530. The molecule has 2 aliphatic rings. The number of hydrogen-bond donors (Lipinski definition) is 1. The normalized spacial score (nSPS) is 20.7. The number of aromatic nitrogens is 2. The van der Waals surface area contributed by atoms with E-state index in [2.05, 4.69) is 11.6 Å². The van der Waals surface area contributed by atoms with Crippen LogP contribution < -0.4 is 21.1 Å². The molecule has 3 heterocycles. The molecule has 1 amide bonds. The van der Waals surface area contributed by atoms with E-state index in [1.54, 1.807) is 15.5 Å². The van der Waals surface area contributed by atoms with Gasteiger partial charge in [0.15, 0.2) is 5.75 Å². The molecule has 1 saturated heterocycles. The van der Waals surface area contributed by atoms with Gasteiger partial charge in [-0.05, 0) is 57.5 Å². The van der Waals surface area contributed by atoms with Gasteiger partial charge in [-0.15, -0.1) is 0 Å². The molecule has 3 aromatic rings. The predicted molar refractivity (Wildman–Crippen MR) is 147 cm³/mol. The molecule has 0 aliphatic carbocycles. The van der Waals surface area contributed by atoms with Gasteiger partial charge in [0.1, 0.15) is 24.1 Å². The lowest BCUT2D eigenvalue weighted by atomic mass is 9.98. The third-order valence-electron chi connectivity index (χ3n) is 7.54. The van der Waals surface area contributed by atoms with Crippen molar-refractivity contribution in [3.05, 3.63) is 64.1 Å². The Morgan fingerprint density at radius 2 is 2.03 bits per heavy atom. The third kappa shape index (κ3) is 4.65. The molecule has 3 atom stereocenters. The van der Waals surface area contributed by atoms with Crippen molar-refractivity contribution in [2.24, 2.45) is 5.73 Å². The molecule has 1 fully saturated rings. The minimum atomic E-state index is -0.796. The highest BCUT2D eigenvalue weighted by Crippen LogP contribution is 2.47. The van der Waals surface area contributed by atoms with E-state index in [-0.39, 0.29) is 52.5 Å². The van der Waals surface area contributed by atoms with Gasteiger partial charge in [0.05, 0.1) is 16.6 Å². The van der Waals surface area contributed by atoms with Crippen LogP contribution in [0.1, 0.15) is 32.7 Å². The molecule has 0 saturated carbocycles. The quantitative estimate of drug-likeness (QED) is 0.455. The molecule has 8 nitrogen and oxygen atoms in total. The molecule has 1 aromatic heterocycles. The summed E-state index contributed by atoms with van der Waals surface area (Å²) in [5.41, 5.74) is 6.03. The summed E-state index contributed by atoms with van der Waals surface area (Å²) < 4.78 is 36.5. The molecule has 0 bridgehead atoms. The summed E-state index contributed by atoms with van der Waals surface area (Å²) in [6.07, 6.45) is 2.55. The molecule has 0 radical (unpaired) electrons. The van der Waals surface area contributed by atoms with Crippen LogP contribution in [0.4, 0.5) is 14.6 Å². The highest BCUT2D eigenvalue weighted by atomic mass is 35.5. The summed E-state index contributed by atoms with van der Waals surface area (Å²) in [6, 6.07) is 4.22. The number of ether oxygens (including phenoxy) is 1. The zero-order chi connectivity index (χ0) is 28.0. The van der Waals surface area contributed by atoms with Crippen molar-refractivity contribution in [2.75, 3.05) is 31.1 Å². The summed E-state index contributed by atoms with van der Waals surface area (Å²) in [4.78, 5) is 34.3. The minimum absolute atomic E-state index is 0.0645. The maximum absolute atomic E-state index is 15.0. The van der Waals surface area contributed by atoms with Crippen molar-refractivity contribution in [2.45, 2.75) is 44.8 Å². The van der Waals surface area contributed by atoms with Gasteiger partial charge in [0.2, 0.25) is 5.91 Å². The number of anilines is 1. The lowest BCUT2D eigenvalue weighted by Crippen LogP contribution is -2.58. The van der Waals surface area contributed by atoms with Gasteiger partial charge >= 0.3 is 5.69 Å². The van der Waals surface area contributed by atoms with Gasteiger partial charge < -0.3 is 20.3 Å². The number of amides is 1. The monoisotopic (exact) mass is 557 g/mol. The maximum Gasteiger partial charge on any atom is 0.350 e. The van der Waals surface area contributed by atoms with Crippen molar-refractivity contribution >= 4 is 34.2 Å². The molecule has 2 N–H and O–H groups in total. The van der Waals surface area contributed by atoms with Crippen LogP contribution in [-0.2, 0) is 4.79 Å². The first-order valence-corrected chi connectivity index (χ1v) is 13.3. The Hall–Kier alpha value is -3.50. The smallest absolute Gasteiger partial charge is 0.350 e. The molecular weight excluding hydrogens is 528 g/mol. The molecule has 2 aliphatic heterocycles. The Kier molecular flexibility index (Phi) is 7.35. The van der Waals surface area contributed by atoms with Crippen molar-refractivity contribution in [1.82, 2.24) is 14.5 Å². The van der Waals surface area contributed by atoms with E-state index in [0.717, 1.165) is 12.1 Å². The topological polar surface area (TPSA) is 93.7 Å². The van der Waals surface area contributed by atoms with E-state index in [0.29, 0.717) is 49.2 Å². The third-order valence-corrected chi connectivity index (χ3v) is 7.84. The maximum atomic E-state index is 15.0. The summed E-state index contributed by atoms with van der Waals surface area (Å²) in [5.74, 6) is -1.02. The van der Waals surface area contributed by atoms with Crippen LogP contribution in [0.25, 0.3) is 22.0 Å². The fourth-order valence-electron chi connectivity index (χ4n) is 5.63. The van der Waals surface area contributed by atoms with Crippen molar-refractivity contribution < 1.29 is 18.3 Å². The van der Waals surface area contributed by atoms with E-state index >= 15 is 0 Å². The van der Waals surface area contributed by atoms with Gasteiger partial charge in [-0.2, -0.15) is 4.98 Å². The van der Waals surface area contributed by atoms with E-state index < -0.39 is 17.3 Å². The number of rotatable bonds is 6.